The fourth-order valence-electron chi connectivity index (χ4n) is 2.09. The van der Waals surface area contributed by atoms with E-state index in [1.54, 1.807) is 0 Å². The summed E-state index contributed by atoms with van der Waals surface area (Å²) in [5.41, 5.74) is 7.29. The molecule has 1 aromatic heterocycles. The molecule has 2 rings (SSSR count). The van der Waals surface area contributed by atoms with E-state index in [0.29, 0.717) is 0 Å². The molecule has 0 saturated heterocycles. The Morgan fingerprint density at radius 3 is 2.52 bits per heavy atom. The minimum absolute atomic E-state index is 0.0829. The predicted octanol–water partition coefficient (Wildman–Crippen LogP) is 5.47. The maximum Gasteiger partial charge on any atom is 0.148 e. The summed E-state index contributed by atoms with van der Waals surface area (Å²) in [5.74, 6) is 0.787. The second-order valence-electron chi connectivity index (χ2n) is 4.86. The Bertz CT molecular complexity index is 600. The van der Waals surface area contributed by atoms with Crippen LogP contribution in [0.4, 0.5) is 0 Å². The van der Waals surface area contributed by atoms with Crippen molar-refractivity contribution in [2.45, 2.75) is 38.8 Å². The highest BCUT2D eigenvalue weighted by Gasteiger charge is 2.22. The first-order valence-corrected chi connectivity index (χ1v) is 8.58. The van der Waals surface area contributed by atoms with Gasteiger partial charge in [0, 0.05) is 15.9 Å². The molecule has 0 aliphatic rings. The summed E-state index contributed by atoms with van der Waals surface area (Å²) in [7, 11) is 0. The van der Waals surface area contributed by atoms with Gasteiger partial charge in [0.15, 0.2) is 0 Å². The van der Waals surface area contributed by atoms with Gasteiger partial charge in [-0.25, -0.2) is 0 Å². The van der Waals surface area contributed by atoms with Crippen molar-refractivity contribution in [1.29, 1.82) is 0 Å². The van der Waals surface area contributed by atoms with Crippen molar-refractivity contribution in [3.8, 4) is 5.75 Å². The molecule has 0 bridgehead atoms. The number of halogens is 2. The first-order chi connectivity index (χ1) is 10.0. The molecule has 21 heavy (non-hydrogen) atoms. The molecule has 0 saturated carbocycles. The molecular formula is C16H19Cl2NOS. The van der Waals surface area contributed by atoms with Crippen molar-refractivity contribution in [2.24, 2.45) is 5.73 Å². The lowest BCUT2D eigenvalue weighted by atomic mass is 10.1. The van der Waals surface area contributed by atoms with Crippen LogP contribution in [0.3, 0.4) is 0 Å². The Morgan fingerprint density at radius 1 is 1.19 bits per heavy atom. The van der Waals surface area contributed by atoms with Crippen molar-refractivity contribution in [3.63, 3.8) is 0 Å². The topological polar surface area (TPSA) is 35.2 Å². The molecule has 2 aromatic rings. The van der Waals surface area contributed by atoms with Crippen LogP contribution in [-0.2, 0) is 6.42 Å². The van der Waals surface area contributed by atoms with Gasteiger partial charge in [0.05, 0.1) is 4.34 Å². The van der Waals surface area contributed by atoms with E-state index in [2.05, 4.69) is 13.8 Å². The van der Waals surface area contributed by atoms with E-state index in [9.17, 15) is 0 Å². The van der Waals surface area contributed by atoms with Crippen LogP contribution in [0.5, 0.6) is 5.75 Å². The van der Waals surface area contributed by atoms with Gasteiger partial charge in [0.1, 0.15) is 11.9 Å². The summed E-state index contributed by atoms with van der Waals surface area (Å²) in [6.45, 7) is 4.12. The summed E-state index contributed by atoms with van der Waals surface area (Å²) >= 11 is 13.7. The maximum absolute atomic E-state index is 6.22. The number of hydrogen-bond donors (Lipinski definition) is 1. The predicted molar refractivity (Wildman–Crippen MR) is 91.8 cm³/mol. The molecule has 114 valence electrons. The normalized spacial score (nSPS) is 14.0. The lowest BCUT2D eigenvalue weighted by Crippen LogP contribution is -2.30. The first-order valence-electron chi connectivity index (χ1n) is 7.01. The van der Waals surface area contributed by atoms with E-state index in [0.717, 1.165) is 38.4 Å². The lowest BCUT2D eigenvalue weighted by molar-refractivity contribution is 0.174. The first kappa shape index (κ1) is 16.6. The highest BCUT2D eigenvalue weighted by molar-refractivity contribution is 7.16. The molecule has 1 heterocycles. The Hall–Kier alpha value is -0.740. The zero-order chi connectivity index (χ0) is 15.4. The van der Waals surface area contributed by atoms with Gasteiger partial charge >= 0.3 is 0 Å². The molecule has 2 N–H and O–H groups in total. The SMILES string of the molecule is CCc1cc(OC(c2ccc(Cl)s2)C(N)CC)ccc1Cl. The Morgan fingerprint density at radius 2 is 1.95 bits per heavy atom. The van der Waals surface area contributed by atoms with E-state index in [4.69, 9.17) is 33.7 Å². The number of aryl methyl sites for hydroxylation is 1. The zero-order valence-corrected chi connectivity index (χ0v) is 14.4. The Balaban J connectivity index is 2.27. The average molecular weight is 344 g/mol. The molecule has 1 aromatic carbocycles. The van der Waals surface area contributed by atoms with Gasteiger partial charge in [-0.3, -0.25) is 0 Å². The van der Waals surface area contributed by atoms with Crippen LogP contribution >= 0.6 is 34.5 Å². The van der Waals surface area contributed by atoms with Crippen LogP contribution in [0, 0.1) is 0 Å². The number of ether oxygens (including phenoxy) is 1. The highest BCUT2D eigenvalue weighted by atomic mass is 35.5. The minimum Gasteiger partial charge on any atom is -0.483 e. The largest absolute Gasteiger partial charge is 0.483 e. The van der Waals surface area contributed by atoms with Gasteiger partial charge in [-0.15, -0.1) is 11.3 Å². The quantitative estimate of drug-likeness (QED) is 0.754. The number of rotatable bonds is 6. The van der Waals surface area contributed by atoms with Gasteiger partial charge in [-0.1, -0.05) is 37.0 Å². The molecule has 0 amide bonds. The summed E-state index contributed by atoms with van der Waals surface area (Å²) in [6.07, 6.45) is 1.50. The van der Waals surface area contributed by atoms with Crippen LogP contribution in [0.25, 0.3) is 0 Å². The number of benzene rings is 1. The van der Waals surface area contributed by atoms with Crippen molar-refractivity contribution >= 4 is 34.5 Å². The monoisotopic (exact) mass is 343 g/mol. The Kier molecular flexibility index (Phi) is 5.94. The summed E-state index contributed by atoms with van der Waals surface area (Å²) in [4.78, 5) is 1.04. The second-order valence-corrected chi connectivity index (χ2v) is 7.01. The van der Waals surface area contributed by atoms with Gasteiger partial charge < -0.3 is 10.5 Å². The third-order valence-electron chi connectivity index (χ3n) is 3.40. The van der Waals surface area contributed by atoms with Crippen LogP contribution in [0.15, 0.2) is 30.3 Å². The van der Waals surface area contributed by atoms with Gasteiger partial charge in [0.25, 0.3) is 0 Å². The van der Waals surface area contributed by atoms with Gasteiger partial charge in [-0.05, 0) is 48.7 Å². The summed E-state index contributed by atoms with van der Waals surface area (Å²) < 4.78 is 6.87. The van der Waals surface area contributed by atoms with Crippen LogP contribution in [0.1, 0.15) is 36.8 Å². The second kappa shape index (κ2) is 7.50. The van der Waals surface area contributed by atoms with Crippen LogP contribution in [-0.4, -0.2) is 6.04 Å². The molecule has 5 heteroatoms. The molecule has 0 aliphatic heterocycles. The molecule has 0 radical (unpaired) electrons. The molecule has 2 unspecified atom stereocenters. The van der Waals surface area contributed by atoms with Gasteiger partial charge in [0.2, 0.25) is 0 Å². The maximum atomic E-state index is 6.22. The van der Waals surface area contributed by atoms with E-state index < -0.39 is 0 Å². The zero-order valence-electron chi connectivity index (χ0n) is 12.1. The number of hydrogen-bond acceptors (Lipinski definition) is 3. The fourth-order valence-corrected chi connectivity index (χ4v) is 3.51. The van der Waals surface area contributed by atoms with Crippen molar-refractivity contribution < 1.29 is 4.74 Å². The fraction of sp³-hybridized carbons (Fsp3) is 0.375. The third-order valence-corrected chi connectivity index (χ3v) is 5.06. The molecule has 0 spiro atoms. The molecular weight excluding hydrogens is 325 g/mol. The summed E-state index contributed by atoms with van der Waals surface area (Å²) in [5, 5.41) is 0.764. The van der Waals surface area contributed by atoms with E-state index in [-0.39, 0.29) is 12.1 Å². The van der Waals surface area contributed by atoms with Gasteiger partial charge in [-0.2, -0.15) is 0 Å². The number of nitrogens with two attached hydrogens (primary N) is 1. The van der Waals surface area contributed by atoms with Crippen LogP contribution < -0.4 is 10.5 Å². The van der Waals surface area contributed by atoms with E-state index in [1.165, 1.54) is 11.3 Å². The standard InChI is InChI=1S/C16H19Cl2NOS/c1-3-10-9-11(5-6-12(10)17)20-16(13(19)4-2)14-7-8-15(18)21-14/h5-9,13,16H,3-4,19H2,1-2H3. The number of thiophene rings is 1. The molecule has 2 nitrogen and oxygen atoms in total. The Labute approximate surface area is 139 Å². The lowest BCUT2D eigenvalue weighted by Gasteiger charge is -2.23. The third kappa shape index (κ3) is 4.13. The highest BCUT2D eigenvalue weighted by Crippen LogP contribution is 2.33. The minimum atomic E-state index is -0.196. The molecule has 2 atom stereocenters. The summed E-state index contributed by atoms with van der Waals surface area (Å²) in [6, 6.07) is 9.49. The van der Waals surface area contributed by atoms with E-state index in [1.807, 2.05) is 30.3 Å². The van der Waals surface area contributed by atoms with Crippen molar-refractivity contribution in [1.82, 2.24) is 0 Å². The molecule has 0 fully saturated rings. The van der Waals surface area contributed by atoms with Crippen molar-refractivity contribution in [3.05, 3.63) is 50.1 Å². The van der Waals surface area contributed by atoms with Crippen LogP contribution in [0.2, 0.25) is 9.36 Å². The average Bonchev–Trinajstić information content (AvgIpc) is 2.91. The van der Waals surface area contributed by atoms with Crippen molar-refractivity contribution in [2.75, 3.05) is 0 Å². The smallest absolute Gasteiger partial charge is 0.148 e. The molecule has 0 aliphatic carbocycles. The van der Waals surface area contributed by atoms with E-state index >= 15 is 0 Å².